The van der Waals surface area contributed by atoms with Crippen molar-refractivity contribution in [1.82, 2.24) is 24.0 Å². The molecule has 0 atom stereocenters. The Labute approximate surface area is 184 Å². The highest BCUT2D eigenvalue weighted by atomic mass is 16.2. The molecule has 2 aromatic heterocycles. The molecule has 1 N–H and O–H groups in total. The zero-order chi connectivity index (χ0) is 22.7. The number of nitrogens with one attached hydrogen (secondary N) is 1. The van der Waals surface area contributed by atoms with E-state index in [1.54, 1.807) is 17.9 Å². The second-order valence-corrected chi connectivity index (χ2v) is 7.74. The van der Waals surface area contributed by atoms with Crippen LogP contribution in [-0.2, 0) is 25.4 Å². The highest BCUT2D eigenvalue weighted by Gasteiger charge is 2.17. The van der Waals surface area contributed by atoms with Crippen molar-refractivity contribution in [1.29, 1.82) is 0 Å². The van der Waals surface area contributed by atoms with E-state index in [-0.39, 0.29) is 11.9 Å². The molecule has 0 saturated carbocycles. The zero-order valence-corrected chi connectivity index (χ0v) is 18.1. The van der Waals surface area contributed by atoms with Crippen LogP contribution in [0.15, 0.2) is 76.6 Å². The SMILES string of the molecule is Cn1c(=O)c2c(ncn2CCCC(=O)NC(c2ccccc2)c2ccccc2)n(C)c1=O. The first-order valence-electron chi connectivity index (χ1n) is 10.5. The van der Waals surface area contributed by atoms with Crippen molar-refractivity contribution >= 4 is 17.1 Å². The molecule has 2 aromatic carbocycles. The minimum Gasteiger partial charge on any atom is -0.345 e. The lowest BCUT2D eigenvalue weighted by Crippen LogP contribution is -2.37. The predicted molar refractivity (Wildman–Crippen MR) is 122 cm³/mol. The van der Waals surface area contributed by atoms with Gasteiger partial charge in [-0.15, -0.1) is 0 Å². The molecule has 0 radical (unpaired) electrons. The Morgan fingerprint density at radius 3 is 2.12 bits per heavy atom. The summed E-state index contributed by atoms with van der Waals surface area (Å²) in [5.74, 6) is -0.0765. The van der Waals surface area contributed by atoms with Crippen molar-refractivity contribution in [3.05, 3.63) is 99.0 Å². The smallest absolute Gasteiger partial charge is 0.332 e. The molecular formula is C24H25N5O3. The fourth-order valence-electron chi connectivity index (χ4n) is 3.86. The number of imidazole rings is 1. The Bertz CT molecular complexity index is 1310. The lowest BCUT2D eigenvalue weighted by atomic mass is 9.98. The van der Waals surface area contributed by atoms with Gasteiger partial charge in [0.2, 0.25) is 5.91 Å². The van der Waals surface area contributed by atoms with Crippen LogP contribution in [0.25, 0.3) is 11.2 Å². The van der Waals surface area contributed by atoms with Crippen molar-refractivity contribution in [2.24, 2.45) is 14.1 Å². The summed E-state index contributed by atoms with van der Waals surface area (Å²) in [6, 6.07) is 19.5. The maximum atomic E-state index is 12.8. The Morgan fingerprint density at radius 1 is 0.938 bits per heavy atom. The zero-order valence-electron chi connectivity index (χ0n) is 18.1. The van der Waals surface area contributed by atoms with Gasteiger partial charge in [-0.25, -0.2) is 9.78 Å². The van der Waals surface area contributed by atoms with E-state index in [0.717, 1.165) is 15.7 Å². The molecule has 0 bridgehead atoms. The van der Waals surface area contributed by atoms with Crippen LogP contribution in [0.4, 0.5) is 0 Å². The summed E-state index contributed by atoms with van der Waals surface area (Å²) in [5.41, 5.74) is 1.92. The number of aryl methyl sites for hydroxylation is 2. The monoisotopic (exact) mass is 431 g/mol. The molecule has 164 valence electrons. The topological polar surface area (TPSA) is 90.9 Å². The lowest BCUT2D eigenvalue weighted by molar-refractivity contribution is -0.121. The van der Waals surface area contributed by atoms with Gasteiger partial charge in [0.1, 0.15) is 0 Å². The third-order valence-corrected chi connectivity index (χ3v) is 5.59. The third-order valence-electron chi connectivity index (χ3n) is 5.59. The Kier molecular flexibility index (Phi) is 6.02. The second-order valence-electron chi connectivity index (χ2n) is 7.74. The molecule has 4 rings (SSSR count). The minimum atomic E-state index is -0.417. The van der Waals surface area contributed by atoms with E-state index in [9.17, 15) is 14.4 Å². The number of rotatable bonds is 7. The van der Waals surface area contributed by atoms with Crippen LogP contribution in [0.5, 0.6) is 0 Å². The molecule has 8 nitrogen and oxygen atoms in total. The normalized spacial score (nSPS) is 11.2. The van der Waals surface area contributed by atoms with Crippen LogP contribution in [0, 0.1) is 0 Å². The van der Waals surface area contributed by atoms with Crippen molar-refractivity contribution in [2.75, 3.05) is 0 Å². The molecule has 32 heavy (non-hydrogen) atoms. The Morgan fingerprint density at radius 2 is 1.53 bits per heavy atom. The summed E-state index contributed by atoms with van der Waals surface area (Å²) in [4.78, 5) is 41.6. The van der Waals surface area contributed by atoms with Crippen LogP contribution in [0.1, 0.15) is 30.0 Å². The molecule has 0 aliphatic heterocycles. The molecule has 2 heterocycles. The van der Waals surface area contributed by atoms with E-state index in [1.807, 2.05) is 60.7 Å². The molecular weight excluding hydrogens is 406 g/mol. The highest BCUT2D eigenvalue weighted by Crippen LogP contribution is 2.22. The number of nitrogens with zero attached hydrogens (tertiary/aromatic N) is 4. The van der Waals surface area contributed by atoms with E-state index in [0.29, 0.717) is 30.6 Å². The summed E-state index contributed by atoms with van der Waals surface area (Å²) in [6.45, 7) is 0.443. The fourth-order valence-corrected chi connectivity index (χ4v) is 3.86. The maximum Gasteiger partial charge on any atom is 0.332 e. The maximum absolute atomic E-state index is 12.8. The summed E-state index contributed by atoms with van der Waals surface area (Å²) >= 11 is 0. The standard InChI is InChI=1S/C24H25N5O3/c1-27-22-21(23(31)28(2)24(27)32)29(16-25-22)15-9-14-19(30)26-20(17-10-5-3-6-11-17)18-12-7-4-8-13-18/h3-8,10-13,16,20H,9,14-15H2,1-2H3,(H,26,30). The predicted octanol–water partition coefficient (Wildman–Crippen LogP) is 2.12. The van der Waals surface area contributed by atoms with E-state index < -0.39 is 11.2 Å². The fraction of sp³-hybridized carbons (Fsp3) is 0.250. The number of benzene rings is 2. The van der Waals surface area contributed by atoms with E-state index in [1.165, 1.54) is 11.6 Å². The van der Waals surface area contributed by atoms with Crippen molar-refractivity contribution < 1.29 is 4.79 Å². The van der Waals surface area contributed by atoms with Gasteiger partial charge < -0.3 is 9.88 Å². The molecule has 1 amide bonds. The average Bonchev–Trinajstić information content (AvgIpc) is 3.25. The van der Waals surface area contributed by atoms with Gasteiger partial charge >= 0.3 is 5.69 Å². The van der Waals surface area contributed by atoms with Crippen LogP contribution in [-0.4, -0.2) is 24.6 Å². The van der Waals surface area contributed by atoms with E-state index in [4.69, 9.17) is 0 Å². The largest absolute Gasteiger partial charge is 0.345 e. The first kappa shape index (κ1) is 21.3. The number of carbonyl (C=O) groups excluding carboxylic acids is 1. The summed E-state index contributed by atoms with van der Waals surface area (Å²) in [6.07, 6.45) is 2.36. The first-order valence-corrected chi connectivity index (χ1v) is 10.5. The van der Waals surface area contributed by atoms with Gasteiger partial charge in [0.25, 0.3) is 5.56 Å². The number of aromatic nitrogens is 4. The third kappa shape index (κ3) is 4.12. The van der Waals surface area contributed by atoms with Gasteiger partial charge in [0.15, 0.2) is 11.2 Å². The number of fused-ring (bicyclic) bond motifs is 1. The number of carbonyl (C=O) groups is 1. The second kappa shape index (κ2) is 9.05. The van der Waals surface area contributed by atoms with Crippen LogP contribution < -0.4 is 16.6 Å². The van der Waals surface area contributed by atoms with Gasteiger partial charge in [-0.3, -0.25) is 18.7 Å². The number of hydrogen-bond donors (Lipinski definition) is 1. The molecule has 8 heteroatoms. The van der Waals surface area contributed by atoms with Gasteiger partial charge in [-0.1, -0.05) is 60.7 Å². The van der Waals surface area contributed by atoms with Crippen LogP contribution in [0.2, 0.25) is 0 Å². The molecule has 0 fully saturated rings. The highest BCUT2D eigenvalue weighted by molar-refractivity contribution is 5.77. The van der Waals surface area contributed by atoms with Crippen LogP contribution in [0.3, 0.4) is 0 Å². The molecule has 0 aliphatic rings. The molecule has 0 aliphatic carbocycles. The van der Waals surface area contributed by atoms with Gasteiger partial charge in [0.05, 0.1) is 12.4 Å². The van der Waals surface area contributed by atoms with E-state index in [2.05, 4.69) is 10.3 Å². The lowest BCUT2D eigenvalue weighted by Gasteiger charge is -2.20. The summed E-state index contributed by atoms with van der Waals surface area (Å²) in [5, 5.41) is 3.13. The number of hydrogen-bond acceptors (Lipinski definition) is 4. The summed E-state index contributed by atoms with van der Waals surface area (Å²) in [7, 11) is 3.03. The van der Waals surface area contributed by atoms with Crippen molar-refractivity contribution in [2.45, 2.75) is 25.4 Å². The van der Waals surface area contributed by atoms with Crippen LogP contribution >= 0.6 is 0 Å². The Balaban J connectivity index is 1.47. The average molecular weight is 431 g/mol. The molecule has 4 aromatic rings. The minimum absolute atomic E-state index is 0.0765. The van der Waals surface area contributed by atoms with E-state index >= 15 is 0 Å². The van der Waals surface area contributed by atoms with Gasteiger partial charge in [-0.05, 0) is 17.5 Å². The van der Waals surface area contributed by atoms with Crippen molar-refractivity contribution in [3.63, 3.8) is 0 Å². The molecule has 0 saturated heterocycles. The number of amides is 1. The quantitative estimate of drug-likeness (QED) is 0.485. The first-order chi connectivity index (χ1) is 15.5. The summed E-state index contributed by atoms with van der Waals surface area (Å²) < 4.78 is 4.12. The molecule has 0 spiro atoms. The van der Waals surface area contributed by atoms with Gasteiger partial charge in [0, 0.05) is 27.1 Å². The van der Waals surface area contributed by atoms with Gasteiger partial charge in [-0.2, -0.15) is 0 Å². The Hall–Kier alpha value is -3.94. The van der Waals surface area contributed by atoms with Crippen molar-refractivity contribution in [3.8, 4) is 0 Å². The molecule has 0 unspecified atom stereocenters.